The lowest BCUT2D eigenvalue weighted by Gasteiger charge is -2.33. The van der Waals surface area contributed by atoms with Crippen LogP contribution >= 0.6 is 0 Å². The Balaban J connectivity index is 1.34. The van der Waals surface area contributed by atoms with Gasteiger partial charge in [-0.25, -0.2) is 8.93 Å². The highest BCUT2D eigenvalue weighted by molar-refractivity contribution is 7.83. The molecule has 1 aliphatic rings. The molecule has 6 nitrogen and oxygen atoms in total. The third-order valence-electron chi connectivity index (χ3n) is 6.50. The van der Waals surface area contributed by atoms with Crippen molar-refractivity contribution in [3.63, 3.8) is 0 Å². The maximum atomic E-state index is 13.0. The molecule has 0 aromatic heterocycles. The molecule has 3 aromatic carbocycles. The van der Waals surface area contributed by atoms with Crippen molar-refractivity contribution in [1.29, 1.82) is 0 Å². The van der Waals surface area contributed by atoms with E-state index in [1.165, 1.54) is 30.5 Å². The van der Waals surface area contributed by atoms with Gasteiger partial charge in [0.25, 0.3) is 5.69 Å². The van der Waals surface area contributed by atoms with E-state index in [1.54, 1.807) is 12.1 Å². The molecule has 0 amide bonds. The third kappa shape index (κ3) is 6.82. The predicted octanol–water partition coefficient (Wildman–Crippen LogP) is 5.29. The van der Waals surface area contributed by atoms with E-state index < -0.39 is 15.9 Å². The molecular weight excluding hydrogens is 446 g/mol. The number of nitro benzene ring substituents is 1. The lowest BCUT2D eigenvalue weighted by atomic mass is 9.90. The van der Waals surface area contributed by atoms with Crippen LogP contribution < -0.4 is 4.72 Å². The summed E-state index contributed by atoms with van der Waals surface area (Å²) in [7, 11) is -1.55. The average Bonchev–Trinajstić information content (AvgIpc) is 2.88. The summed E-state index contributed by atoms with van der Waals surface area (Å²) in [6, 6.07) is 26.6. The molecule has 2 unspecified atom stereocenters. The van der Waals surface area contributed by atoms with Crippen LogP contribution in [0.5, 0.6) is 0 Å². The van der Waals surface area contributed by atoms with E-state index in [1.807, 2.05) is 30.3 Å². The third-order valence-corrected chi connectivity index (χ3v) is 7.68. The summed E-state index contributed by atoms with van der Waals surface area (Å²) in [6.07, 6.45) is 4.34. The van der Waals surface area contributed by atoms with Crippen LogP contribution in [0.3, 0.4) is 0 Å². The van der Waals surface area contributed by atoms with Crippen molar-refractivity contribution in [2.75, 3.05) is 19.6 Å². The van der Waals surface area contributed by atoms with Gasteiger partial charge in [-0.2, -0.15) is 0 Å². The van der Waals surface area contributed by atoms with Gasteiger partial charge in [-0.3, -0.25) is 10.1 Å². The molecule has 1 saturated heterocycles. The number of nitro groups is 1. The molecule has 1 heterocycles. The van der Waals surface area contributed by atoms with Gasteiger partial charge in [-0.15, -0.1) is 0 Å². The topological polar surface area (TPSA) is 75.5 Å². The molecule has 2 atom stereocenters. The minimum Gasteiger partial charge on any atom is -0.303 e. The van der Waals surface area contributed by atoms with Gasteiger partial charge in [0.1, 0.15) is 11.0 Å². The van der Waals surface area contributed by atoms with Gasteiger partial charge >= 0.3 is 0 Å². The first-order valence-corrected chi connectivity index (χ1v) is 13.0. The van der Waals surface area contributed by atoms with Crippen LogP contribution in [0.25, 0.3) is 0 Å². The summed E-state index contributed by atoms with van der Waals surface area (Å²) in [5, 5.41) is 11.1. The van der Waals surface area contributed by atoms with Gasteiger partial charge in [0.2, 0.25) is 0 Å². The molecule has 0 radical (unpaired) electrons. The maximum absolute atomic E-state index is 13.0. The Kier molecular flexibility index (Phi) is 8.57. The van der Waals surface area contributed by atoms with Crippen molar-refractivity contribution in [3.05, 3.63) is 106 Å². The highest BCUT2D eigenvalue weighted by Crippen LogP contribution is 2.25. The van der Waals surface area contributed by atoms with Gasteiger partial charge in [-0.05, 0) is 68.4 Å². The molecule has 1 N–H and O–H groups in total. The minimum absolute atomic E-state index is 0.0534. The van der Waals surface area contributed by atoms with Crippen molar-refractivity contribution in [1.82, 2.24) is 9.62 Å². The molecule has 0 spiro atoms. The maximum Gasteiger partial charge on any atom is 0.270 e. The Hall–Kier alpha value is -2.87. The van der Waals surface area contributed by atoms with Crippen molar-refractivity contribution in [2.24, 2.45) is 5.92 Å². The number of hydrogen-bond acceptors (Lipinski definition) is 4. The largest absolute Gasteiger partial charge is 0.303 e. The second kappa shape index (κ2) is 12.0. The van der Waals surface area contributed by atoms with Crippen molar-refractivity contribution in [2.45, 2.75) is 36.6 Å². The summed E-state index contributed by atoms with van der Waals surface area (Å²) in [4.78, 5) is 13.6. The summed E-state index contributed by atoms with van der Waals surface area (Å²) in [5.41, 5.74) is 2.43. The smallest absolute Gasteiger partial charge is 0.270 e. The predicted molar refractivity (Wildman–Crippen MR) is 136 cm³/mol. The van der Waals surface area contributed by atoms with E-state index in [4.69, 9.17) is 0 Å². The highest BCUT2D eigenvalue weighted by Gasteiger charge is 2.22. The zero-order valence-electron chi connectivity index (χ0n) is 19.2. The minimum atomic E-state index is -1.55. The standard InChI is InChI=1S/C27H31N3O3S/c31-30(32)25-12-7-13-26(21-25)34(33)28-27(24-10-5-2-6-11-24)16-19-29-17-14-23(15-18-29)20-22-8-3-1-4-9-22/h1-13,21,23,27-28H,14-20H2. The zero-order chi connectivity index (χ0) is 23.8. The molecule has 0 bridgehead atoms. The monoisotopic (exact) mass is 477 g/mol. The number of benzene rings is 3. The number of piperidine rings is 1. The van der Waals surface area contributed by atoms with Crippen LogP contribution in [0.15, 0.2) is 89.8 Å². The molecular formula is C27H31N3O3S. The number of rotatable bonds is 10. The van der Waals surface area contributed by atoms with Gasteiger partial charge in [0.15, 0.2) is 0 Å². The molecule has 1 fully saturated rings. The van der Waals surface area contributed by atoms with Crippen LogP contribution in [0.1, 0.15) is 36.4 Å². The number of likely N-dealkylation sites (tertiary alicyclic amines) is 1. The van der Waals surface area contributed by atoms with Crippen LogP contribution in [-0.2, 0) is 17.4 Å². The van der Waals surface area contributed by atoms with E-state index in [9.17, 15) is 14.3 Å². The molecule has 4 rings (SSSR count). The van der Waals surface area contributed by atoms with Gasteiger partial charge < -0.3 is 4.90 Å². The van der Waals surface area contributed by atoms with E-state index in [0.717, 1.165) is 44.0 Å². The Labute approximate surface area is 203 Å². The fourth-order valence-electron chi connectivity index (χ4n) is 4.56. The number of nitrogens with one attached hydrogen (secondary N) is 1. The average molecular weight is 478 g/mol. The molecule has 1 aliphatic heterocycles. The molecule has 34 heavy (non-hydrogen) atoms. The van der Waals surface area contributed by atoms with E-state index in [2.05, 4.69) is 40.0 Å². The number of non-ortho nitro benzene ring substituents is 1. The normalized spacial score (nSPS) is 16.7. The Bertz CT molecular complexity index is 1090. The fraction of sp³-hybridized carbons (Fsp3) is 0.333. The summed E-state index contributed by atoms with van der Waals surface area (Å²) >= 11 is 0. The lowest BCUT2D eigenvalue weighted by molar-refractivity contribution is -0.385. The quantitative estimate of drug-likeness (QED) is 0.318. The molecule has 7 heteroatoms. The zero-order valence-corrected chi connectivity index (χ0v) is 20.0. The van der Waals surface area contributed by atoms with E-state index in [0.29, 0.717) is 4.90 Å². The molecule has 178 valence electrons. The Morgan fingerprint density at radius 3 is 2.32 bits per heavy atom. The summed E-state index contributed by atoms with van der Waals surface area (Å²) in [5.74, 6) is 0.725. The molecule has 0 aliphatic carbocycles. The molecule has 3 aromatic rings. The van der Waals surface area contributed by atoms with Crippen LogP contribution in [0.2, 0.25) is 0 Å². The highest BCUT2D eigenvalue weighted by atomic mass is 32.2. The number of hydrogen-bond donors (Lipinski definition) is 1. The fourth-order valence-corrected chi connectivity index (χ4v) is 5.64. The van der Waals surface area contributed by atoms with Crippen LogP contribution in [0, 0.1) is 16.0 Å². The van der Waals surface area contributed by atoms with E-state index >= 15 is 0 Å². The first-order valence-electron chi connectivity index (χ1n) is 11.8. The SMILES string of the molecule is O=[N+]([O-])c1cccc(S(=O)NC(CCN2CCC(Cc3ccccc3)CC2)c2ccccc2)c1. The van der Waals surface area contributed by atoms with Gasteiger partial charge in [0.05, 0.1) is 9.82 Å². The Morgan fingerprint density at radius 2 is 1.65 bits per heavy atom. The van der Waals surface area contributed by atoms with E-state index in [-0.39, 0.29) is 11.7 Å². The van der Waals surface area contributed by atoms with Crippen LogP contribution in [0.4, 0.5) is 5.69 Å². The number of nitrogens with zero attached hydrogens (tertiary/aromatic N) is 2. The van der Waals surface area contributed by atoms with Crippen molar-refractivity contribution < 1.29 is 9.13 Å². The second-order valence-corrected chi connectivity index (χ2v) is 10.1. The first kappa shape index (κ1) is 24.3. The lowest BCUT2D eigenvalue weighted by Crippen LogP contribution is -2.37. The van der Waals surface area contributed by atoms with Gasteiger partial charge in [-0.1, -0.05) is 66.7 Å². The summed E-state index contributed by atoms with van der Waals surface area (Å²) < 4.78 is 16.3. The van der Waals surface area contributed by atoms with Gasteiger partial charge in [0, 0.05) is 18.2 Å². The second-order valence-electron chi connectivity index (χ2n) is 8.87. The first-order chi connectivity index (χ1) is 16.6. The summed E-state index contributed by atoms with van der Waals surface area (Å²) in [6.45, 7) is 3.07. The van der Waals surface area contributed by atoms with Crippen molar-refractivity contribution >= 4 is 16.7 Å². The Morgan fingerprint density at radius 1 is 0.971 bits per heavy atom. The van der Waals surface area contributed by atoms with Crippen LogP contribution in [-0.4, -0.2) is 33.7 Å². The van der Waals surface area contributed by atoms with Crippen molar-refractivity contribution in [3.8, 4) is 0 Å². The molecule has 0 saturated carbocycles.